The zero-order chi connectivity index (χ0) is 14.0. The fourth-order valence-corrected chi connectivity index (χ4v) is 1.88. The van der Waals surface area contributed by atoms with Gasteiger partial charge in [-0.3, -0.25) is 0 Å². The molecule has 0 rings (SSSR count). The van der Waals surface area contributed by atoms with Gasteiger partial charge in [0.1, 0.15) is 0 Å². The summed E-state index contributed by atoms with van der Waals surface area (Å²) in [5.41, 5.74) is 0. The van der Waals surface area contributed by atoms with Crippen LogP contribution in [0.15, 0.2) is 12.7 Å². The van der Waals surface area contributed by atoms with Crippen molar-refractivity contribution in [1.29, 1.82) is 0 Å². The Morgan fingerprint density at radius 3 is 1.84 bits per heavy atom. The van der Waals surface area contributed by atoms with Crippen LogP contribution in [-0.4, -0.2) is 0 Å². The molecule has 0 aromatic carbocycles. The van der Waals surface area contributed by atoms with Crippen molar-refractivity contribution in [3.8, 4) is 23.7 Å². The highest BCUT2D eigenvalue weighted by Gasteiger charge is 1.90. The Morgan fingerprint density at radius 2 is 1.21 bits per heavy atom. The number of allylic oxidation sites excluding steroid dienone is 1. The number of hydrogen-bond donors (Lipinski definition) is 0. The molecule has 0 nitrogen and oxygen atoms in total. The summed E-state index contributed by atoms with van der Waals surface area (Å²) in [5, 5.41) is 0. The van der Waals surface area contributed by atoms with Crippen LogP contribution < -0.4 is 0 Å². The summed E-state index contributed by atoms with van der Waals surface area (Å²) in [7, 11) is 0. The van der Waals surface area contributed by atoms with E-state index in [9.17, 15) is 0 Å². The SMILES string of the molecule is C=CCC#CCCC#CCCCCCCCCCC. The molecule has 0 heterocycles. The van der Waals surface area contributed by atoms with Crippen LogP contribution in [-0.2, 0) is 0 Å². The molecule has 0 unspecified atom stereocenters. The first kappa shape index (κ1) is 17.9. The Balaban J connectivity index is 3.18. The van der Waals surface area contributed by atoms with E-state index >= 15 is 0 Å². The molecular weight excluding hydrogens is 228 g/mol. The van der Waals surface area contributed by atoms with Crippen molar-refractivity contribution < 1.29 is 0 Å². The van der Waals surface area contributed by atoms with Gasteiger partial charge in [-0.25, -0.2) is 0 Å². The van der Waals surface area contributed by atoms with Gasteiger partial charge in [-0.1, -0.05) is 63.9 Å². The molecule has 0 saturated carbocycles. The van der Waals surface area contributed by atoms with Crippen LogP contribution in [0.2, 0.25) is 0 Å². The fraction of sp³-hybridized carbons (Fsp3) is 0.684. The standard InChI is InChI=1S/C19H30/c1-3-5-7-9-11-13-15-17-19-18-16-14-12-10-8-6-4-2/h3H,1,4-6,8,10-14,16,18-19H2,2H3. The maximum Gasteiger partial charge on any atom is 0.0267 e. The normalized spacial score (nSPS) is 9.11. The second-order valence-electron chi connectivity index (χ2n) is 4.92. The lowest BCUT2D eigenvalue weighted by atomic mass is 10.1. The third-order valence-corrected chi connectivity index (χ3v) is 3.03. The van der Waals surface area contributed by atoms with E-state index in [2.05, 4.69) is 37.2 Å². The van der Waals surface area contributed by atoms with Crippen molar-refractivity contribution in [3.63, 3.8) is 0 Å². The Kier molecular flexibility index (Phi) is 15.8. The van der Waals surface area contributed by atoms with Crippen LogP contribution in [0.5, 0.6) is 0 Å². The van der Waals surface area contributed by atoms with Crippen LogP contribution >= 0.6 is 0 Å². The quantitative estimate of drug-likeness (QED) is 0.261. The van der Waals surface area contributed by atoms with Gasteiger partial charge in [0, 0.05) is 25.7 Å². The molecule has 0 aromatic rings. The summed E-state index contributed by atoms with van der Waals surface area (Å²) in [6, 6.07) is 0. The number of hydrogen-bond acceptors (Lipinski definition) is 0. The van der Waals surface area contributed by atoms with Crippen LogP contribution in [0.25, 0.3) is 0 Å². The first-order valence-corrected chi connectivity index (χ1v) is 7.94. The molecule has 0 aliphatic carbocycles. The van der Waals surface area contributed by atoms with Gasteiger partial charge in [0.15, 0.2) is 0 Å². The molecule has 0 heteroatoms. The number of unbranched alkanes of at least 4 members (excludes halogenated alkanes) is 9. The maximum atomic E-state index is 3.63. The van der Waals surface area contributed by atoms with E-state index in [-0.39, 0.29) is 0 Å². The lowest BCUT2D eigenvalue weighted by Gasteiger charge is -1.99. The molecule has 0 bridgehead atoms. The summed E-state index contributed by atoms with van der Waals surface area (Å²) >= 11 is 0. The van der Waals surface area contributed by atoms with Crippen molar-refractivity contribution in [2.24, 2.45) is 0 Å². The third-order valence-electron chi connectivity index (χ3n) is 3.03. The highest BCUT2D eigenvalue weighted by Crippen LogP contribution is 2.09. The molecule has 106 valence electrons. The van der Waals surface area contributed by atoms with E-state index in [4.69, 9.17) is 0 Å². The van der Waals surface area contributed by atoms with Crippen molar-refractivity contribution in [1.82, 2.24) is 0 Å². The summed E-state index contributed by atoms with van der Waals surface area (Å²) in [6.45, 7) is 5.90. The fourth-order valence-electron chi connectivity index (χ4n) is 1.88. The van der Waals surface area contributed by atoms with E-state index in [1.165, 1.54) is 51.4 Å². The highest BCUT2D eigenvalue weighted by molar-refractivity contribution is 5.06. The van der Waals surface area contributed by atoms with Gasteiger partial charge in [-0.2, -0.15) is 0 Å². The van der Waals surface area contributed by atoms with E-state index in [0.717, 1.165) is 25.7 Å². The van der Waals surface area contributed by atoms with Crippen LogP contribution in [0, 0.1) is 23.7 Å². The van der Waals surface area contributed by atoms with E-state index in [1.807, 2.05) is 6.08 Å². The Bertz CT molecular complexity index is 302. The van der Waals surface area contributed by atoms with Gasteiger partial charge < -0.3 is 0 Å². The zero-order valence-electron chi connectivity index (χ0n) is 12.8. The van der Waals surface area contributed by atoms with Crippen molar-refractivity contribution in [3.05, 3.63) is 12.7 Å². The second-order valence-corrected chi connectivity index (χ2v) is 4.92. The van der Waals surface area contributed by atoms with Crippen molar-refractivity contribution >= 4 is 0 Å². The average molecular weight is 258 g/mol. The van der Waals surface area contributed by atoms with Gasteiger partial charge in [0.05, 0.1) is 0 Å². The minimum absolute atomic E-state index is 0.797. The van der Waals surface area contributed by atoms with E-state index in [1.54, 1.807) is 0 Å². The summed E-state index contributed by atoms with van der Waals surface area (Å²) in [5.74, 6) is 12.6. The van der Waals surface area contributed by atoms with Gasteiger partial charge in [-0.05, 0) is 6.42 Å². The largest absolute Gasteiger partial charge is 0.103 e. The van der Waals surface area contributed by atoms with E-state index in [0.29, 0.717) is 0 Å². The maximum absolute atomic E-state index is 3.63. The Labute approximate surface area is 121 Å². The van der Waals surface area contributed by atoms with Crippen molar-refractivity contribution in [2.45, 2.75) is 84.0 Å². The Hall–Kier alpha value is -1.14. The van der Waals surface area contributed by atoms with Gasteiger partial charge in [0.25, 0.3) is 0 Å². The molecule has 0 aromatic heterocycles. The topological polar surface area (TPSA) is 0 Å². The molecule has 0 N–H and O–H groups in total. The minimum Gasteiger partial charge on any atom is -0.103 e. The van der Waals surface area contributed by atoms with Crippen LogP contribution in [0.1, 0.15) is 84.0 Å². The third kappa shape index (κ3) is 16.9. The minimum atomic E-state index is 0.797. The lowest BCUT2D eigenvalue weighted by molar-refractivity contribution is 0.579. The lowest BCUT2D eigenvalue weighted by Crippen LogP contribution is -1.80. The molecule has 0 radical (unpaired) electrons. The molecule has 0 amide bonds. The highest BCUT2D eigenvalue weighted by atomic mass is 14.0. The van der Waals surface area contributed by atoms with Gasteiger partial charge in [-0.15, -0.1) is 24.3 Å². The van der Waals surface area contributed by atoms with Crippen molar-refractivity contribution in [2.75, 3.05) is 0 Å². The van der Waals surface area contributed by atoms with Crippen LogP contribution in [0.3, 0.4) is 0 Å². The van der Waals surface area contributed by atoms with Gasteiger partial charge in [0.2, 0.25) is 0 Å². The molecule has 0 saturated heterocycles. The predicted octanol–water partition coefficient (Wildman–Crippen LogP) is 5.88. The number of rotatable bonds is 10. The second kappa shape index (κ2) is 16.9. The Morgan fingerprint density at radius 1 is 0.684 bits per heavy atom. The molecule has 0 spiro atoms. The monoisotopic (exact) mass is 258 g/mol. The summed E-state index contributed by atoms with van der Waals surface area (Å²) in [6.07, 6.45) is 16.5. The molecule has 0 aliphatic rings. The summed E-state index contributed by atoms with van der Waals surface area (Å²) < 4.78 is 0. The predicted molar refractivity (Wildman–Crippen MR) is 86.8 cm³/mol. The summed E-state index contributed by atoms with van der Waals surface area (Å²) in [4.78, 5) is 0. The van der Waals surface area contributed by atoms with E-state index < -0.39 is 0 Å². The average Bonchev–Trinajstić information content (AvgIpc) is 2.43. The molecule has 19 heavy (non-hydrogen) atoms. The van der Waals surface area contributed by atoms with Gasteiger partial charge >= 0.3 is 0 Å². The first-order chi connectivity index (χ1) is 9.41. The van der Waals surface area contributed by atoms with Crippen LogP contribution in [0.4, 0.5) is 0 Å². The molecular formula is C19H30. The zero-order valence-corrected chi connectivity index (χ0v) is 12.8. The molecule has 0 fully saturated rings. The first-order valence-electron chi connectivity index (χ1n) is 7.94. The smallest absolute Gasteiger partial charge is 0.0267 e. The molecule has 0 aliphatic heterocycles. The molecule has 0 atom stereocenters.